The lowest BCUT2D eigenvalue weighted by Gasteiger charge is -2.15. The van der Waals surface area contributed by atoms with Crippen molar-refractivity contribution in [2.45, 2.75) is 19.1 Å². The number of halogens is 1. The third kappa shape index (κ3) is 2.64. The molecule has 2 aliphatic rings. The summed E-state index contributed by atoms with van der Waals surface area (Å²) in [4.78, 5) is 25.0. The molecule has 3 aromatic heterocycles. The lowest BCUT2D eigenvalue weighted by molar-refractivity contribution is 0.248. The monoisotopic (exact) mass is 368 g/mol. The van der Waals surface area contributed by atoms with Crippen molar-refractivity contribution in [2.24, 2.45) is 7.05 Å². The van der Waals surface area contributed by atoms with Gasteiger partial charge in [-0.05, 0) is 18.6 Å². The third-order valence-corrected chi connectivity index (χ3v) is 4.85. The summed E-state index contributed by atoms with van der Waals surface area (Å²) in [6.45, 7) is 1.39. The van der Waals surface area contributed by atoms with Gasteiger partial charge in [0.15, 0.2) is 11.6 Å². The topological polar surface area (TPSA) is 85.0 Å². The second-order valence-electron chi connectivity index (χ2n) is 6.74. The van der Waals surface area contributed by atoms with Gasteiger partial charge in [0.2, 0.25) is 0 Å². The predicted octanol–water partition coefficient (Wildman–Crippen LogP) is 1.61. The molecule has 0 bridgehead atoms. The van der Waals surface area contributed by atoms with Crippen molar-refractivity contribution in [3.05, 3.63) is 36.5 Å². The minimum absolute atomic E-state index is 0.257. The van der Waals surface area contributed by atoms with Crippen LogP contribution < -0.4 is 9.80 Å². The molecule has 0 aromatic carbocycles. The Morgan fingerprint density at radius 2 is 2.15 bits per heavy atom. The van der Waals surface area contributed by atoms with Gasteiger partial charge in [-0.2, -0.15) is 9.78 Å². The Kier molecular flexibility index (Phi) is 3.46. The van der Waals surface area contributed by atoms with Crippen LogP contribution in [0.2, 0.25) is 0 Å². The lowest BCUT2D eigenvalue weighted by Crippen LogP contribution is -2.26. The summed E-state index contributed by atoms with van der Waals surface area (Å²) in [5, 5.41) is 8.43. The number of aromatic nitrogens is 6. The number of rotatable bonds is 3. The molecule has 3 aromatic rings. The van der Waals surface area contributed by atoms with Gasteiger partial charge >= 0.3 is 6.03 Å². The molecule has 0 unspecified atom stereocenters. The van der Waals surface area contributed by atoms with Gasteiger partial charge in [0, 0.05) is 31.5 Å². The maximum Gasteiger partial charge on any atom is 0.351 e. The van der Waals surface area contributed by atoms with Crippen molar-refractivity contribution in [3.8, 4) is 11.4 Å². The smallest absolute Gasteiger partial charge is 0.351 e. The molecule has 1 amide bonds. The van der Waals surface area contributed by atoms with Crippen molar-refractivity contribution in [3.63, 3.8) is 0 Å². The molecule has 27 heavy (non-hydrogen) atoms. The number of fused-ring (bicyclic) bond motifs is 1. The van der Waals surface area contributed by atoms with Crippen LogP contribution in [0.5, 0.6) is 0 Å². The molecule has 0 spiro atoms. The van der Waals surface area contributed by atoms with Gasteiger partial charge < -0.3 is 4.90 Å². The molecule has 1 saturated heterocycles. The van der Waals surface area contributed by atoms with Gasteiger partial charge in [0.05, 0.1) is 25.0 Å². The van der Waals surface area contributed by atoms with Gasteiger partial charge in [-0.25, -0.2) is 19.2 Å². The van der Waals surface area contributed by atoms with E-state index < -0.39 is 6.17 Å². The molecular formula is C17H17FN8O. The van der Waals surface area contributed by atoms with Crippen LogP contribution in [0.25, 0.3) is 11.4 Å². The van der Waals surface area contributed by atoms with Crippen LogP contribution in [-0.4, -0.2) is 54.8 Å². The van der Waals surface area contributed by atoms with Crippen LogP contribution >= 0.6 is 0 Å². The zero-order valence-electron chi connectivity index (χ0n) is 14.7. The van der Waals surface area contributed by atoms with E-state index >= 15 is 0 Å². The van der Waals surface area contributed by atoms with Gasteiger partial charge in [-0.15, -0.1) is 5.10 Å². The highest BCUT2D eigenvalue weighted by atomic mass is 19.1. The first-order valence-corrected chi connectivity index (χ1v) is 8.70. The van der Waals surface area contributed by atoms with Crippen molar-refractivity contribution >= 4 is 17.5 Å². The minimum atomic E-state index is -0.793. The molecule has 10 heteroatoms. The van der Waals surface area contributed by atoms with E-state index in [2.05, 4.69) is 20.2 Å². The second-order valence-corrected chi connectivity index (χ2v) is 6.74. The number of aryl methyl sites for hydroxylation is 1. The van der Waals surface area contributed by atoms with E-state index in [1.54, 1.807) is 35.2 Å². The zero-order valence-corrected chi connectivity index (χ0v) is 14.7. The predicted molar refractivity (Wildman–Crippen MR) is 95.2 cm³/mol. The third-order valence-electron chi connectivity index (χ3n) is 4.85. The summed E-state index contributed by atoms with van der Waals surface area (Å²) >= 11 is 0. The number of carbonyl (C=O) groups is 1. The summed E-state index contributed by atoms with van der Waals surface area (Å²) in [7, 11) is 1.80. The highest BCUT2D eigenvalue weighted by Crippen LogP contribution is 2.26. The number of nitrogens with zero attached hydrogens (tertiary/aromatic N) is 8. The van der Waals surface area contributed by atoms with Crippen LogP contribution in [0.4, 0.5) is 20.7 Å². The molecule has 1 atom stereocenters. The molecule has 0 aliphatic carbocycles. The Labute approximate surface area is 154 Å². The van der Waals surface area contributed by atoms with E-state index in [9.17, 15) is 9.18 Å². The van der Waals surface area contributed by atoms with Crippen LogP contribution in [0, 0.1) is 0 Å². The minimum Gasteiger partial charge on any atom is -0.354 e. The molecule has 9 nitrogen and oxygen atoms in total. The molecule has 1 fully saturated rings. The quantitative estimate of drug-likeness (QED) is 0.698. The lowest BCUT2D eigenvalue weighted by atomic mass is 10.2. The Hall–Kier alpha value is -3.30. The summed E-state index contributed by atoms with van der Waals surface area (Å²) in [6.07, 6.45) is 4.81. The number of alkyl halides is 1. The first-order valence-electron chi connectivity index (χ1n) is 8.70. The van der Waals surface area contributed by atoms with E-state index in [1.807, 2.05) is 17.0 Å². The number of amides is 1. The number of hydrogen-bond acceptors (Lipinski definition) is 6. The Morgan fingerprint density at radius 3 is 2.78 bits per heavy atom. The normalized spacial score (nSPS) is 19.2. The zero-order chi connectivity index (χ0) is 18.5. The largest absolute Gasteiger partial charge is 0.354 e. The molecule has 5 rings (SSSR count). The van der Waals surface area contributed by atoms with Crippen molar-refractivity contribution in [1.29, 1.82) is 0 Å². The molecular weight excluding hydrogens is 351 g/mol. The van der Waals surface area contributed by atoms with Crippen molar-refractivity contribution < 1.29 is 9.18 Å². The van der Waals surface area contributed by atoms with Crippen LogP contribution in [0.3, 0.4) is 0 Å². The van der Waals surface area contributed by atoms with Crippen LogP contribution in [0.1, 0.15) is 12.2 Å². The standard InChI is InChI=1S/C17H17FN8O/c1-23-9-13(7-20-23)25-10-15-21-16(22-26(15)17(25)27)11-2-3-14(19-6-11)24-5-4-12(18)8-24/h2-3,6-7,9,12H,4-5,8,10H2,1H3/t12-/m0/s1. The number of pyridine rings is 1. The van der Waals surface area contributed by atoms with E-state index in [-0.39, 0.29) is 6.03 Å². The fraction of sp³-hybridized carbons (Fsp3) is 0.353. The van der Waals surface area contributed by atoms with Gasteiger partial charge in [0.1, 0.15) is 12.0 Å². The Bertz CT molecular complexity index is 1010. The first kappa shape index (κ1) is 15.9. The first-order chi connectivity index (χ1) is 13.1. The average Bonchev–Trinajstić information content (AvgIpc) is 3.42. The molecule has 0 saturated carbocycles. The summed E-state index contributed by atoms with van der Waals surface area (Å²) in [5.74, 6) is 1.76. The summed E-state index contributed by atoms with van der Waals surface area (Å²) in [6, 6.07) is 3.43. The molecule has 138 valence electrons. The maximum atomic E-state index is 13.4. The highest BCUT2D eigenvalue weighted by Gasteiger charge is 2.32. The van der Waals surface area contributed by atoms with Crippen LogP contribution in [0.15, 0.2) is 30.7 Å². The van der Waals surface area contributed by atoms with Gasteiger partial charge in [-0.3, -0.25) is 9.58 Å². The number of hydrogen-bond donors (Lipinski definition) is 0. The SMILES string of the molecule is Cn1cc(N2Cc3nc(-c4ccc(N5CC[C@H](F)C5)nc4)nn3C2=O)cn1. The van der Waals surface area contributed by atoms with E-state index in [1.165, 1.54) is 4.68 Å². The van der Waals surface area contributed by atoms with Crippen molar-refractivity contribution in [2.75, 3.05) is 22.9 Å². The van der Waals surface area contributed by atoms with E-state index in [0.29, 0.717) is 43.4 Å². The fourth-order valence-corrected chi connectivity index (χ4v) is 3.43. The van der Waals surface area contributed by atoms with E-state index in [0.717, 1.165) is 11.4 Å². The second kappa shape index (κ2) is 5.86. The molecule has 5 heterocycles. The summed E-state index contributed by atoms with van der Waals surface area (Å²) in [5.41, 5.74) is 1.43. The summed E-state index contributed by atoms with van der Waals surface area (Å²) < 4.78 is 16.3. The van der Waals surface area contributed by atoms with Gasteiger partial charge in [-0.1, -0.05) is 0 Å². The fourth-order valence-electron chi connectivity index (χ4n) is 3.43. The molecule has 0 radical (unpaired) electrons. The van der Waals surface area contributed by atoms with Gasteiger partial charge in [0.25, 0.3) is 0 Å². The highest BCUT2D eigenvalue weighted by molar-refractivity contribution is 5.95. The molecule has 0 N–H and O–H groups in total. The Balaban J connectivity index is 1.37. The van der Waals surface area contributed by atoms with E-state index in [4.69, 9.17) is 0 Å². The number of carbonyl (C=O) groups excluding carboxylic acids is 1. The van der Waals surface area contributed by atoms with Crippen molar-refractivity contribution in [1.82, 2.24) is 29.5 Å². The average molecular weight is 368 g/mol. The Morgan fingerprint density at radius 1 is 1.26 bits per heavy atom. The van der Waals surface area contributed by atoms with Crippen LogP contribution in [-0.2, 0) is 13.6 Å². The maximum absolute atomic E-state index is 13.4. The number of anilines is 2. The molecule has 2 aliphatic heterocycles.